The molecule has 0 bridgehead atoms. The monoisotopic (exact) mass is 371 g/mol. The molecule has 0 N–H and O–H groups in total. The lowest BCUT2D eigenvalue weighted by Crippen LogP contribution is -1.98. The van der Waals surface area contributed by atoms with E-state index in [4.69, 9.17) is 14.5 Å². The van der Waals surface area contributed by atoms with Gasteiger partial charge in [-0.3, -0.25) is 9.97 Å². The molecule has 0 saturated carbocycles. The Bertz CT molecular complexity index is 1160. The van der Waals surface area contributed by atoms with Gasteiger partial charge in [0.1, 0.15) is 17.2 Å². The predicted molar refractivity (Wildman–Crippen MR) is 110 cm³/mol. The van der Waals surface area contributed by atoms with E-state index in [2.05, 4.69) is 9.97 Å². The third-order valence-electron chi connectivity index (χ3n) is 4.78. The van der Waals surface area contributed by atoms with Crippen LogP contribution in [0.5, 0.6) is 17.2 Å². The molecule has 0 unspecified atom stereocenters. The molecule has 0 atom stereocenters. The lowest BCUT2D eigenvalue weighted by Gasteiger charge is -2.15. The number of benzene rings is 1. The Kier molecular flexibility index (Phi) is 4.65. The highest BCUT2D eigenvalue weighted by atomic mass is 16.5. The lowest BCUT2D eigenvalue weighted by atomic mass is 10.1. The SMILES string of the molecule is COc1cc2c(Oc3cc(C)c(C)nc3-c3ccccn3)ccnc2cc1C. The van der Waals surface area contributed by atoms with Gasteiger partial charge in [-0.2, -0.15) is 0 Å². The Morgan fingerprint density at radius 2 is 1.64 bits per heavy atom. The minimum absolute atomic E-state index is 0.661. The molecule has 0 aliphatic carbocycles. The van der Waals surface area contributed by atoms with Gasteiger partial charge in [-0.05, 0) is 68.3 Å². The van der Waals surface area contributed by atoms with Gasteiger partial charge in [0, 0.05) is 23.5 Å². The van der Waals surface area contributed by atoms with Crippen LogP contribution in [0.4, 0.5) is 0 Å². The molecule has 0 saturated heterocycles. The van der Waals surface area contributed by atoms with Crippen molar-refractivity contribution in [2.75, 3.05) is 7.11 Å². The van der Waals surface area contributed by atoms with Crippen molar-refractivity contribution in [1.82, 2.24) is 15.0 Å². The van der Waals surface area contributed by atoms with E-state index in [1.54, 1.807) is 19.5 Å². The van der Waals surface area contributed by atoms with Crippen LogP contribution in [-0.4, -0.2) is 22.1 Å². The van der Waals surface area contributed by atoms with E-state index < -0.39 is 0 Å². The number of hydrogen-bond acceptors (Lipinski definition) is 5. The first-order chi connectivity index (χ1) is 13.6. The van der Waals surface area contributed by atoms with Crippen molar-refractivity contribution in [1.29, 1.82) is 0 Å². The maximum Gasteiger partial charge on any atom is 0.155 e. The molecular weight excluding hydrogens is 350 g/mol. The summed E-state index contributed by atoms with van der Waals surface area (Å²) in [5.74, 6) is 2.16. The fourth-order valence-electron chi connectivity index (χ4n) is 3.12. The zero-order chi connectivity index (χ0) is 19.7. The van der Waals surface area contributed by atoms with Crippen LogP contribution in [0, 0.1) is 20.8 Å². The summed E-state index contributed by atoms with van der Waals surface area (Å²) in [6.45, 7) is 6.01. The summed E-state index contributed by atoms with van der Waals surface area (Å²) < 4.78 is 11.8. The van der Waals surface area contributed by atoms with E-state index in [-0.39, 0.29) is 0 Å². The lowest BCUT2D eigenvalue weighted by molar-refractivity contribution is 0.412. The van der Waals surface area contributed by atoms with Crippen molar-refractivity contribution >= 4 is 10.9 Å². The Labute approximate surface area is 164 Å². The smallest absolute Gasteiger partial charge is 0.155 e. The molecule has 0 fully saturated rings. The summed E-state index contributed by atoms with van der Waals surface area (Å²) in [6, 6.07) is 13.6. The summed E-state index contributed by atoms with van der Waals surface area (Å²) >= 11 is 0. The van der Waals surface area contributed by atoms with Crippen LogP contribution >= 0.6 is 0 Å². The minimum Gasteiger partial charge on any atom is -0.496 e. The molecule has 0 radical (unpaired) electrons. The van der Waals surface area contributed by atoms with E-state index in [1.165, 1.54) is 0 Å². The largest absolute Gasteiger partial charge is 0.496 e. The number of methoxy groups -OCH3 is 1. The van der Waals surface area contributed by atoms with Crippen LogP contribution in [-0.2, 0) is 0 Å². The Morgan fingerprint density at radius 1 is 0.786 bits per heavy atom. The van der Waals surface area contributed by atoms with Gasteiger partial charge in [-0.15, -0.1) is 0 Å². The van der Waals surface area contributed by atoms with E-state index >= 15 is 0 Å². The molecule has 4 rings (SSSR count). The van der Waals surface area contributed by atoms with E-state index in [1.807, 2.05) is 63.2 Å². The summed E-state index contributed by atoms with van der Waals surface area (Å²) in [5.41, 5.74) is 5.38. The molecule has 3 aromatic heterocycles. The van der Waals surface area contributed by atoms with Crippen LogP contribution < -0.4 is 9.47 Å². The van der Waals surface area contributed by atoms with E-state index in [0.29, 0.717) is 17.2 Å². The van der Waals surface area contributed by atoms with Crippen LogP contribution in [0.25, 0.3) is 22.3 Å². The van der Waals surface area contributed by atoms with Gasteiger partial charge in [0.05, 0.1) is 18.3 Å². The number of aromatic nitrogens is 3. The van der Waals surface area contributed by atoms with E-state index in [0.717, 1.165) is 39.2 Å². The topological polar surface area (TPSA) is 57.1 Å². The number of hydrogen-bond donors (Lipinski definition) is 0. The number of ether oxygens (including phenoxy) is 2. The highest BCUT2D eigenvalue weighted by Crippen LogP contribution is 2.37. The van der Waals surface area contributed by atoms with Gasteiger partial charge in [0.2, 0.25) is 0 Å². The summed E-state index contributed by atoms with van der Waals surface area (Å²) in [5, 5.41) is 0.884. The molecule has 0 aliphatic heterocycles. The third kappa shape index (κ3) is 3.27. The summed E-state index contributed by atoms with van der Waals surface area (Å²) in [4.78, 5) is 13.7. The average Bonchev–Trinajstić information content (AvgIpc) is 2.71. The first-order valence-electron chi connectivity index (χ1n) is 9.07. The van der Waals surface area contributed by atoms with Gasteiger partial charge in [0.15, 0.2) is 5.75 Å². The van der Waals surface area contributed by atoms with Crippen LogP contribution in [0.1, 0.15) is 16.8 Å². The Morgan fingerprint density at radius 3 is 2.39 bits per heavy atom. The first kappa shape index (κ1) is 17.9. The predicted octanol–water partition coefficient (Wildman–Crippen LogP) is 5.42. The minimum atomic E-state index is 0.661. The van der Waals surface area contributed by atoms with Gasteiger partial charge in [-0.25, -0.2) is 4.98 Å². The Balaban J connectivity index is 1.87. The third-order valence-corrected chi connectivity index (χ3v) is 4.78. The molecule has 1 aromatic carbocycles. The second kappa shape index (κ2) is 7.27. The fourth-order valence-corrected chi connectivity index (χ4v) is 3.12. The van der Waals surface area contributed by atoms with Crippen LogP contribution in [0.3, 0.4) is 0 Å². The van der Waals surface area contributed by atoms with Gasteiger partial charge in [-0.1, -0.05) is 6.07 Å². The van der Waals surface area contributed by atoms with Gasteiger partial charge < -0.3 is 9.47 Å². The fraction of sp³-hybridized carbons (Fsp3) is 0.174. The van der Waals surface area contributed by atoms with Crippen molar-refractivity contribution in [2.45, 2.75) is 20.8 Å². The molecule has 3 heterocycles. The molecule has 5 heteroatoms. The molecule has 5 nitrogen and oxygen atoms in total. The maximum absolute atomic E-state index is 6.35. The highest BCUT2D eigenvalue weighted by Gasteiger charge is 2.15. The van der Waals surface area contributed by atoms with Crippen LogP contribution in [0.2, 0.25) is 0 Å². The number of aryl methyl sites for hydroxylation is 3. The van der Waals surface area contributed by atoms with Crippen LogP contribution in [0.15, 0.2) is 54.9 Å². The highest BCUT2D eigenvalue weighted by molar-refractivity contribution is 5.87. The quantitative estimate of drug-likeness (QED) is 0.479. The van der Waals surface area contributed by atoms with E-state index in [9.17, 15) is 0 Å². The number of fused-ring (bicyclic) bond motifs is 1. The standard InChI is InChI=1S/C23H21N3O2/c1-14-12-22(23(26-16(14)3)18-7-5-6-9-24-18)28-20-8-10-25-19-11-15(2)21(27-4)13-17(19)20/h5-13H,1-4H3. The molecular formula is C23H21N3O2. The second-order valence-corrected chi connectivity index (χ2v) is 6.70. The van der Waals surface area contributed by atoms with Gasteiger partial charge in [0.25, 0.3) is 0 Å². The van der Waals surface area contributed by atoms with Crippen molar-refractivity contribution in [3.63, 3.8) is 0 Å². The maximum atomic E-state index is 6.35. The number of pyridine rings is 3. The molecule has 0 amide bonds. The normalized spacial score (nSPS) is 10.9. The average molecular weight is 371 g/mol. The molecule has 0 spiro atoms. The number of rotatable bonds is 4. The van der Waals surface area contributed by atoms with Crippen molar-refractivity contribution in [3.8, 4) is 28.6 Å². The summed E-state index contributed by atoms with van der Waals surface area (Å²) in [7, 11) is 1.66. The van der Waals surface area contributed by atoms with Crippen molar-refractivity contribution in [2.24, 2.45) is 0 Å². The molecule has 140 valence electrons. The second-order valence-electron chi connectivity index (χ2n) is 6.70. The number of nitrogens with zero attached hydrogens (tertiary/aromatic N) is 3. The molecule has 4 aromatic rings. The molecule has 0 aliphatic rings. The van der Waals surface area contributed by atoms with Crippen molar-refractivity contribution < 1.29 is 9.47 Å². The first-order valence-corrected chi connectivity index (χ1v) is 9.07. The van der Waals surface area contributed by atoms with Crippen molar-refractivity contribution in [3.05, 3.63) is 71.7 Å². The Hall–Kier alpha value is -3.47. The molecule has 28 heavy (non-hydrogen) atoms. The zero-order valence-electron chi connectivity index (χ0n) is 16.4. The zero-order valence-corrected chi connectivity index (χ0v) is 16.4. The summed E-state index contributed by atoms with van der Waals surface area (Å²) in [6.07, 6.45) is 3.50. The van der Waals surface area contributed by atoms with Gasteiger partial charge >= 0.3 is 0 Å².